The lowest BCUT2D eigenvalue weighted by molar-refractivity contribution is 0.969. The van der Waals surface area contributed by atoms with Crippen LogP contribution in [0.3, 0.4) is 0 Å². The molecule has 0 aliphatic carbocycles. The van der Waals surface area contributed by atoms with Crippen LogP contribution in [-0.4, -0.2) is 15.9 Å². The van der Waals surface area contributed by atoms with Gasteiger partial charge in [0.15, 0.2) is 5.01 Å². The van der Waals surface area contributed by atoms with Gasteiger partial charge in [0.25, 0.3) is 0 Å². The van der Waals surface area contributed by atoms with Gasteiger partial charge in [0, 0.05) is 0 Å². The first-order valence-electron chi connectivity index (χ1n) is 2.68. The van der Waals surface area contributed by atoms with Gasteiger partial charge in [-0.2, -0.15) is 5.43 Å². The largest absolute Gasteiger partial charge is 0.167 e. The quantitative estimate of drug-likeness (QED) is 0.582. The lowest BCUT2D eigenvalue weighted by atomic mass is 10.4. The van der Waals surface area contributed by atoms with Gasteiger partial charge in [0.05, 0.1) is 6.20 Å². The van der Waals surface area contributed by atoms with E-state index in [1.54, 1.807) is 17.8 Å². The van der Waals surface area contributed by atoms with E-state index in [0.29, 0.717) is 0 Å². The van der Waals surface area contributed by atoms with Gasteiger partial charge in [-0.25, -0.2) is 0 Å². The molecule has 0 fully saturated rings. The summed E-state index contributed by atoms with van der Waals surface area (Å²) in [5.41, 5.74) is 6.13. The van der Waals surface area contributed by atoms with Crippen molar-refractivity contribution in [3.8, 4) is 0 Å². The zero-order valence-electron chi connectivity index (χ0n) is 4.93. The van der Waals surface area contributed by atoms with E-state index in [-0.39, 0.29) is 0 Å². The summed E-state index contributed by atoms with van der Waals surface area (Å²) in [4.78, 5) is 0. The Morgan fingerprint density at radius 2 is 2.40 bits per heavy atom. The fourth-order valence-electron chi connectivity index (χ4n) is 0.632. The van der Waals surface area contributed by atoms with E-state index in [0.717, 1.165) is 10.7 Å². The second kappa shape index (κ2) is 2.18. The third-order valence-corrected chi connectivity index (χ3v) is 1.76. The molecule has 49 valence electrons. The minimum Gasteiger partial charge on any atom is -0.158 e. The number of rotatable bonds is 1. The van der Waals surface area contributed by atoms with Crippen LogP contribution in [0.1, 0.15) is 5.01 Å². The highest BCUT2D eigenvalue weighted by Gasteiger charge is 2.06. The average molecular weight is 151 g/mol. The Labute approximate surface area is 61.3 Å². The Kier molecular flexibility index (Phi) is 1.21. The molecule has 0 spiro atoms. The number of aromatic nitrogens is 2. The van der Waals surface area contributed by atoms with Gasteiger partial charge >= 0.3 is 0 Å². The van der Waals surface area contributed by atoms with Gasteiger partial charge in [-0.1, -0.05) is 11.3 Å². The molecule has 1 radical (unpaired) electrons. The second-order valence-corrected chi connectivity index (χ2v) is 2.49. The lowest BCUT2D eigenvalue weighted by Gasteiger charge is -1.82. The molecule has 4 nitrogen and oxygen atoms in total. The topological polar surface area (TPSA) is 52.2 Å². The monoisotopic (exact) mass is 151 g/mol. The Hall–Kier alpha value is -1.23. The fourth-order valence-corrected chi connectivity index (χ4v) is 1.15. The molecule has 0 atom stereocenters. The number of allylic oxidation sites excluding steroid dienone is 1. The van der Waals surface area contributed by atoms with Gasteiger partial charge in [-0.05, 0) is 6.08 Å². The normalized spacial score (nSPS) is 15.0. The standard InChI is InChI=1S/C5H3N4S/c1-2-6-8-4(1)5-9-7-3-10-5/h1-3H. The van der Waals surface area contributed by atoms with Crippen LogP contribution < -0.4 is 5.43 Å². The van der Waals surface area contributed by atoms with E-state index in [1.165, 1.54) is 11.3 Å². The van der Waals surface area contributed by atoms with Crippen LogP contribution in [0, 0.1) is 0 Å². The maximum Gasteiger partial charge on any atom is 0.167 e. The van der Waals surface area contributed by atoms with Gasteiger partial charge in [-0.15, -0.1) is 15.3 Å². The van der Waals surface area contributed by atoms with Crippen molar-refractivity contribution in [3.05, 3.63) is 22.8 Å². The van der Waals surface area contributed by atoms with Crippen LogP contribution in [0.2, 0.25) is 0 Å². The Morgan fingerprint density at radius 1 is 1.40 bits per heavy atom. The van der Waals surface area contributed by atoms with Crippen molar-refractivity contribution in [3.63, 3.8) is 0 Å². The number of nitrogens with zero attached hydrogens (tertiary/aromatic N) is 4. The summed E-state index contributed by atoms with van der Waals surface area (Å²) < 4.78 is 0. The molecule has 1 aromatic heterocycles. The van der Waals surface area contributed by atoms with Gasteiger partial charge < -0.3 is 0 Å². The average Bonchev–Trinajstić information content (AvgIpc) is 2.59. The van der Waals surface area contributed by atoms with Crippen LogP contribution in [0.4, 0.5) is 0 Å². The van der Waals surface area contributed by atoms with Gasteiger partial charge in [0.2, 0.25) is 0 Å². The molecule has 0 unspecified atom stereocenters. The summed E-state index contributed by atoms with van der Waals surface area (Å²) in [6, 6.07) is 0. The van der Waals surface area contributed by atoms with Crippen molar-refractivity contribution < 1.29 is 0 Å². The molecular formula is C5H3N4S. The third-order valence-electron chi connectivity index (χ3n) is 1.04. The van der Waals surface area contributed by atoms with Gasteiger partial charge in [0.1, 0.15) is 11.2 Å². The fraction of sp³-hybridized carbons (Fsp3) is 0. The molecule has 5 heteroatoms. The Balaban J connectivity index is 2.36. The molecule has 0 N–H and O–H groups in total. The molecule has 1 aromatic rings. The smallest absolute Gasteiger partial charge is 0.158 e. The van der Waals surface area contributed by atoms with E-state index in [9.17, 15) is 0 Å². The van der Waals surface area contributed by atoms with Crippen molar-refractivity contribution in [1.82, 2.24) is 15.6 Å². The molecular weight excluding hydrogens is 148 g/mol. The summed E-state index contributed by atoms with van der Waals surface area (Å²) in [6.07, 6.45) is 3.44. The molecule has 0 saturated carbocycles. The van der Waals surface area contributed by atoms with E-state index in [1.807, 2.05) is 0 Å². The zero-order chi connectivity index (χ0) is 6.81. The van der Waals surface area contributed by atoms with E-state index >= 15 is 0 Å². The second-order valence-electron chi connectivity index (χ2n) is 1.66. The molecule has 1 aliphatic rings. The highest BCUT2D eigenvalue weighted by Crippen LogP contribution is 2.06. The van der Waals surface area contributed by atoms with E-state index in [2.05, 4.69) is 20.7 Å². The number of hydrogen-bond acceptors (Lipinski definition) is 4. The van der Waals surface area contributed by atoms with Crippen LogP contribution >= 0.6 is 11.3 Å². The van der Waals surface area contributed by atoms with E-state index in [4.69, 9.17) is 0 Å². The predicted octanol–water partition coefficient (Wildman–Crippen LogP) is 0.374. The molecule has 10 heavy (non-hydrogen) atoms. The maximum atomic E-state index is 3.82. The molecule has 0 aromatic carbocycles. The number of hydrogen-bond donors (Lipinski definition) is 0. The highest BCUT2D eigenvalue weighted by atomic mass is 32.1. The highest BCUT2D eigenvalue weighted by molar-refractivity contribution is 7.11. The minimum atomic E-state index is 0.794. The molecule has 2 rings (SSSR count). The third kappa shape index (κ3) is 0.801. The van der Waals surface area contributed by atoms with Crippen molar-refractivity contribution in [1.29, 1.82) is 0 Å². The maximum absolute atomic E-state index is 3.82. The SMILES string of the molecule is C1=CC(c2nncs2)=N[N]1. The Bertz CT molecular complexity index is 274. The predicted molar refractivity (Wildman–Crippen MR) is 37.7 cm³/mol. The van der Waals surface area contributed by atoms with Crippen LogP contribution in [0.15, 0.2) is 22.9 Å². The molecule has 0 saturated heterocycles. The first kappa shape index (κ1) is 5.55. The van der Waals surface area contributed by atoms with Gasteiger partial charge in [-0.3, -0.25) is 0 Å². The first-order valence-corrected chi connectivity index (χ1v) is 3.56. The lowest BCUT2D eigenvalue weighted by Crippen LogP contribution is -1.92. The summed E-state index contributed by atoms with van der Waals surface area (Å²) >= 11 is 1.46. The minimum absolute atomic E-state index is 0.794. The molecule has 2 heterocycles. The molecule has 0 bridgehead atoms. The molecule has 0 amide bonds. The summed E-state index contributed by atoms with van der Waals surface area (Å²) in [5.74, 6) is 0. The van der Waals surface area contributed by atoms with E-state index < -0.39 is 0 Å². The zero-order valence-corrected chi connectivity index (χ0v) is 5.75. The Morgan fingerprint density at radius 3 is 3.00 bits per heavy atom. The van der Waals surface area contributed by atoms with Crippen molar-refractivity contribution in [2.75, 3.05) is 0 Å². The summed E-state index contributed by atoms with van der Waals surface area (Å²) in [6.45, 7) is 0. The summed E-state index contributed by atoms with van der Waals surface area (Å²) in [7, 11) is 0. The van der Waals surface area contributed by atoms with Crippen LogP contribution in [-0.2, 0) is 0 Å². The summed E-state index contributed by atoms with van der Waals surface area (Å²) in [5, 5.41) is 12.1. The molecule has 1 aliphatic heterocycles. The van der Waals surface area contributed by atoms with Crippen molar-refractivity contribution >= 4 is 17.0 Å². The first-order chi connectivity index (χ1) is 4.97. The van der Waals surface area contributed by atoms with Crippen molar-refractivity contribution in [2.45, 2.75) is 0 Å². The van der Waals surface area contributed by atoms with Crippen molar-refractivity contribution in [2.24, 2.45) is 5.10 Å². The van der Waals surface area contributed by atoms with Crippen LogP contribution in [0.25, 0.3) is 0 Å². The van der Waals surface area contributed by atoms with Crippen LogP contribution in [0.5, 0.6) is 0 Å².